The lowest BCUT2D eigenvalue weighted by atomic mass is 10.0. The first kappa shape index (κ1) is 24.8. The highest BCUT2D eigenvalue weighted by atomic mass is 32.2. The van der Waals surface area contributed by atoms with Crippen molar-refractivity contribution in [1.29, 1.82) is 0 Å². The number of nitrogens with zero attached hydrogens (tertiary/aromatic N) is 3. The molecule has 0 saturated carbocycles. The molecule has 0 aliphatic heterocycles. The molecule has 1 atom stereocenters. The number of aryl methyl sites for hydroxylation is 1. The van der Waals surface area contributed by atoms with Crippen molar-refractivity contribution >= 4 is 34.2 Å². The number of phenols is 1. The minimum absolute atomic E-state index is 0.0444. The minimum atomic E-state index is -0.543. The van der Waals surface area contributed by atoms with Gasteiger partial charge in [0.1, 0.15) is 17.5 Å². The summed E-state index contributed by atoms with van der Waals surface area (Å²) in [5.74, 6) is 1.56. The van der Waals surface area contributed by atoms with E-state index in [1.54, 1.807) is 20.0 Å². The summed E-state index contributed by atoms with van der Waals surface area (Å²) in [4.78, 5) is 22.1. The maximum absolute atomic E-state index is 12.4. The van der Waals surface area contributed by atoms with Crippen molar-refractivity contribution in [1.82, 2.24) is 15.1 Å². The summed E-state index contributed by atoms with van der Waals surface area (Å²) in [6.45, 7) is 3.54. The van der Waals surface area contributed by atoms with Crippen molar-refractivity contribution in [3.63, 3.8) is 0 Å². The predicted octanol–water partition coefficient (Wildman–Crippen LogP) is 3.27. The molecule has 0 saturated heterocycles. The Kier molecular flexibility index (Phi) is 8.53. The SMILES string of the molecule is COC(=O)c1c(C)c(OC)cc(O)c1CSC[C@H](Nc1ncc(CCO)s1)c1nc(C)no1. The number of benzene rings is 1. The Morgan fingerprint density at radius 1 is 1.36 bits per heavy atom. The highest BCUT2D eigenvalue weighted by molar-refractivity contribution is 7.98. The van der Waals surface area contributed by atoms with Crippen LogP contribution < -0.4 is 10.1 Å². The lowest BCUT2D eigenvalue weighted by Gasteiger charge is -2.17. The van der Waals surface area contributed by atoms with E-state index < -0.39 is 5.97 Å². The minimum Gasteiger partial charge on any atom is -0.507 e. The third-order valence-electron chi connectivity index (χ3n) is 4.81. The zero-order valence-corrected chi connectivity index (χ0v) is 20.4. The number of carbonyl (C=O) groups is 1. The normalized spacial score (nSPS) is 11.9. The van der Waals surface area contributed by atoms with E-state index in [0.29, 0.717) is 51.6 Å². The van der Waals surface area contributed by atoms with Gasteiger partial charge >= 0.3 is 5.97 Å². The van der Waals surface area contributed by atoms with Crippen LogP contribution in [-0.2, 0) is 16.9 Å². The number of aliphatic hydroxyl groups excluding tert-OH is 1. The van der Waals surface area contributed by atoms with Crippen LogP contribution in [0.3, 0.4) is 0 Å². The maximum Gasteiger partial charge on any atom is 0.338 e. The lowest BCUT2D eigenvalue weighted by Crippen LogP contribution is -2.14. The summed E-state index contributed by atoms with van der Waals surface area (Å²) in [6.07, 6.45) is 2.25. The number of hydrogen-bond donors (Lipinski definition) is 3. The monoisotopic (exact) mass is 494 g/mol. The molecule has 10 nitrogen and oxygen atoms in total. The van der Waals surface area contributed by atoms with Crippen LogP contribution in [0.15, 0.2) is 16.8 Å². The highest BCUT2D eigenvalue weighted by Gasteiger charge is 2.24. The van der Waals surface area contributed by atoms with Gasteiger partial charge in [0.15, 0.2) is 11.0 Å². The number of thioether (sulfide) groups is 1. The third-order valence-corrected chi connectivity index (χ3v) is 6.86. The van der Waals surface area contributed by atoms with E-state index in [-0.39, 0.29) is 24.0 Å². The zero-order valence-electron chi connectivity index (χ0n) is 18.7. The molecule has 0 aliphatic carbocycles. The van der Waals surface area contributed by atoms with Gasteiger partial charge in [-0.3, -0.25) is 0 Å². The number of methoxy groups -OCH3 is 2. The van der Waals surface area contributed by atoms with E-state index in [0.717, 1.165) is 4.88 Å². The van der Waals surface area contributed by atoms with Gasteiger partial charge in [0, 0.05) is 52.8 Å². The number of rotatable bonds is 11. The number of carbonyl (C=O) groups excluding carboxylic acids is 1. The smallest absolute Gasteiger partial charge is 0.338 e. The van der Waals surface area contributed by atoms with Gasteiger partial charge in [-0.25, -0.2) is 9.78 Å². The molecule has 0 amide bonds. The summed E-state index contributed by atoms with van der Waals surface area (Å²) < 4.78 is 15.6. The van der Waals surface area contributed by atoms with Gasteiger partial charge in [0.2, 0.25) is 5.89 Å². The molecule has 1 aromatic carbocycles. The van der Waals surface area contributed by atoms with Crippen LogP contribution in [0.25, 0.3) is 0 Å². The van der Waals surface area contributed by atoms with Gasteiger partial charge in [-0.05, 0) is 13.8 Å². The van der Waals surface area contributed by atoms with Gasteiger partial charge < -0.3 is 29.5 Å². The molecular weight excluding hydrogens is 468 g/mol. The second-order valence-corrected chi connectivity index (χ2v) is 9.21. The number of esters is 1. The fourth-order valence-electron chi connectivity index (χ4n) is 3.19. The van der Waals surface area contributed by atoms with Crippen molar-refractivity contribution < 1.29 is 29.0 Å². The van der Waals surface area contributed by atoms with Crippen LogP contribution in [-0.4, -0.2) is 57.9 Å². The van der Waals surface area contributed by atoms with Gasteiger partial charge in [0.05, 0.1) is 19.8 Å². The molecule has 0 bridgehead atoms. The number of nitrogens with one attached hydrogen (secondary N) is 1. The average Bonchev–Trinajstić information content (AvgIpc) is 3.43. The summed E-state index contributed by atoms with van der Waals surface area (Å²) >= 11 is 2.91. The van der Waals surface area contributed by atoms with E-state index in [2.05, 4.69) is 20.4 Å². The van der Waals surface area contributed by atoms with Crippen molar-refractivity contribution in [3.05, 3.63) is 45.5 Å². The highest BCUT2D eigenvalue weighted by Crippen LogP contribution is 2.36. The molecule has 0 spiro atoms. The number of anilines is 1. The first-order chi connectivity index (χ1) is 15.9. The van der Waals surface area contributed by atoms with Gasteiger partial charge in [0.25, 0.3) is 0 Å². The molecule has 3 rings (SSSR count). The molecule has 3 aromatic rings. The molecule has 0 unspecified atom stereocenters. The maximum atomic E-state index is 12.4. The Bertz CT molecular complexity index is 1100. The van der Waals surface area contributed by atoms with Crippen molar-refractivity contribution in [3.8, 4) is 11.5 Å². The average molecular weight is 495 g/mol. The second-order valence-electron chi connectivity index (χ2n) is 7.07. The molecule has 12 heteroatoms. The first-order valence-electron chi connectivity index (χ1n) is 10.1. The Labute approximate surface area is 199 Å². The number of ether oxygens (including phenoxy) is 2. The number of hydrogen-bond acceptors (Lipinski definition) is 12. The summed E-state index contributed by atoms with van der Waals surface area (Å²) in [5, 5.41) is 27.5. The van der Waals surface area contributed by atoms with Gasteiger partial charge in [-0.1, -0.05) is 5.16 Å². The number of phenolic OH excluding ortho intramolecular Hbond substituents is 1. The van der Waals surface area contributed by atoms with Gasteiger partial charge in [-0.15, -0.1) is 11.3 Å². The topological polar surface area (TPSA) is 140 Å². The van der Waals surface area contributed by atoms with Crippen LogP contribution in [0.5, 0.6) is 11.5 Å². The molecule has 2 aromatic heterocycles. The third kappa shape index (κ3) is 5.95. The lowest BCUT2D eigenvalue weighted by molar-refractivity contribution is 0.0598. The largest absolute Gasteiger partial charge is 0.507 e. The Morgan fingerprint density at radius 3 is 2.79 bits per heavy atom. The molecule has 178 valence electrons. The van der Waals surface area contributed by atoms with Crippen LogP contribution in [0, 0.1) is 13.8 Å². The standard InChI is InChI=1S/C21H26N4O6S2/c1-11-17(29-3)7-16(27)14(18(11)20(28)30-4)9-32-10-15(19-23-12(2)25-31-19)24-21-22-8-13(33-21)5-6-26/h7-8,15,26-27H,5-6,9-10H2,1-4H3,(H,22,24)/t15-/m0/s1. The number of aromatic hydroxyl groups is 1. The Hall–Kier alpha value is -2.83. The van der Waals surface area contributed by atoms with Crippen LogP contribution in [0.1, 0.15) is 44.1 Å². The molecule has 3 N–H and O–H groups in total. The quantitative estimate of drug-likeness (QED) is 0.338. The van der Waals surface area contributed by atoms with Crippen molar-refractivity contribution in [2.75, 3.05) is 31.9 Å². The fourth-order valence-corrected chi connectivity index (χ4v) is 5.12. The van der Waals surface area contributed by atoms with E-state index in [9.17, 15) is 9.90 Å². The number of aliphatic hydroxyl groups is 1. The second kappa shape index (κ2) is 11.3. The zero-order chi connectivity index (χ0) is 24.0. The number of thiazole rings is 1. The molecule has 33 heavy (non-hydrogen) atoms. The molecule has 2 heterocycles. The van der Waals surface area contributed by atoms with Crippen LogP contribution in [0.2, 0.25) is 0 Å². The predicted molar refractivity (Wildman–Crippen MR) is 125 cm³/mol. The number of aromatic nitrogens is 3. The van der Waals surface area contributed by atoms with Crippen molar-refractivity contribution in [2.24, 2.45) is 0 Å². The molecule has 0 aliphatic rings. The first-order valence-corrected chi connectivity index (χ1v) is 12.0. The van der Waals surface area contributed by atoms with E-state index >= 15 is 0 Å². The summed E-state index contributed by atoms with van der Waals surface area (Å²) in [5.41, 5.74) is 1.35. The fraction of sp³-hybridized carbons (Fsp3) is 0.429. The van der Waals surface area contributed by atoms with E-state index in [1.807, 2.05) is 0 Å². The molecule has 0 fully saturated rings. The molecular formula is C21H26N4O6S2. The Balaban J connectivity index is 1.80. The van der Waals surface area contributed by atoms with Crippen molar-refractivity contribution in [2.45, 2.75) is 32.1 Å². The van der Waals surface area contributed by atoms with Crippen LogP contribution >= 0.6 is 23.1 Å². The summed E-state index contributed by atoms with van der Waals surface area (Å²) in [6, 6.07) is 1.14. The summed E-state index contributed by atoms with van der Waals surface area (Å²) in [7, 11) is 2.77. The Morgan fingerprint density at radius 2 is 2.15 bits per heavy atom. The van der Waals surface area contributed by atoms with E-state index in [4.69, 9.17) is 19.1 Å². The van der Waals surface area contributed by atoms with Gasteiger partial charge in [-0.2, -0.15) is 16.7 Å². The van der Waals surface area contributed by atoms with Crippen LogP contribution in [0.4, 0.5) is 5.13 Å². The van der Waals surface area contributed by atoms with E-state index in [1.165, 1.54) is 43.4 Å². The molecule has 0 radical (unpaired) electrons.